The van der Waals surface area contributed by atoms with Crippen LogP contribution in [0.3, 0.4) is 0 Å². The van der Waals surface area contributed by atoms with E-state index in [0.29, 0.717) is 16.5 Å². The molecule has 0 saturated carbocycles. The first-order chi connectivity index (χ1) is 13.6. The molecule has 0 radical (unpaired) electrons. The van der Waals surface area contributed by atoms with E-state index < -0.39 is 6.04 Å². The SMILES string of the molecule is COc1cccc(NC(=O)[C@H]([NH2+][C@@H](C)c2cccc(Cl)c2)c2ccccc2)c1. The minimum Gasteiger partial charge on any atom is -0.497 e. The molecule has 4 nitrogen and oxygen atoms in total. The van der Waals surface area contributed by atoms with Crippen molar-refractivity contribution in [3.8, 4) is 5.75 Å². The lowest BCUT2D eigenvalue weighted by Gasteiger charge is -2.20. The van der Waals surface area contributed by atoms with Crippen LogP contribution in [-0.2, 0) is 4.79 Å². The number of nitrogens with two attached hydrogens (primary N) is 1. The maximum Gasteiger partial charge on any atom is 0.287 e. The molecule has 0 unspecified atom stereocenters. The Hall–Kier alpha value is -2.82. The lowest BCUT2D eigenvalue weighted by atomic mass is 10.0. The van der Waals surface area contributed by atoms with Crippen molar-refractivity contribution in [2.24, 2.45) is 0 Å². The van der Waals surface area contributed by atoms with Gasteiger partial charge in [-0.25, -0.2) is 0 Å². The van der Waals surface area contributed by atoms with Crippen molar-refractivity contribution in [1.82, 2.24) is 0 Å². The molecule has 3 rings (SSSR count). The average molecular weight is 396 g/mol. The molecule has 5 heteroatoms. The van der Waals surface area contributed by atoms with Gasteiger partial charge in [0.2, 0.25) is 0 Å². The molecule has 0 fully saturated rings. The summed E-state index contributed by atoms with van der Waals surface area (Å²) in [6, 6.07) is 24.5. The highest BCUT2D eigenvalue weighted by Gasteiger charge is 2.27. The summed E-state index contributed by atoms with van der Waals surface area (Å²) in [7, 11) is 1.61. The monoisotopic (exact) mass is 395 g/mol. The summed E-state index contributed by atoms with van der Waals surface area (Å²) in [6.45, 7) is 2.07. The van der Waals surface area contributed by atoms with Crippen LogP contribution in [0.1, 0.15) is 30.1 Å². The number of hydrogen-bond acceptors (Lipinski definition) is 2. The maximum atomic E-state index is 13.1. The molecule has 0 aliphatic carbocycles. The van der Waals surface area contributed by atoms with Crippen LogP contribution in [0.2, 0.25) is 5.02 Å². The van der Waals surface area contributed by atoms with Crippen LogP contribution < -0.4 is 15.4 Å². The van der Waals surface area contributed by atoms with Gasteiger partial charge in [0.25, 0.3) is 5.91 Å². The minimum absolute atomic E-state index is 0.0555. The second kappa shape index (κ2) is 9.40. The number of amides is 1. The summed E-state index contributed by atoms with van der Waals surface area (Å²) in [6.07, 6.45) is 0. The highest BCUT2D eigenvalue weighted by molar-refractivity contribution is 6.30. The summed E-state index contributed by atoms with van der Waals surface area (Å²) in [5, 5.41) is 5.75. The maximum absolute atomic E-state index is 13.1. The number of methoxy groups -OCH3 is 1. The third kappa shape index (κ3) is 5.12. The van der Waals surface area contributed by atoms with Crippen LogP contribution in [0, 0.1) is 0 Å². The van der Waals surface area contributed by atoms with Gasteiger partial charge in [0.1, 0.15) is 11.8 Å². The Morgan fingerprint density at radius 3 is 2.39 bits per heavy atom. The Morgan fingerprint density at radius 2 is 1.68 bits per heavy atom. The van der Waals surface area contributed by atoms with Crippen molar-refractivity contribution in [1.29, 1.82) is 0 Å². The van der Waals surface area contributed by atoms with Gasteiger partial charge in [0.15, 0.2) is 6.04 Å². The molecule has 28 heavy (non-hydrogen) atoms. The number of rotatable bonds is 7. The number of carbonyl (C=O) groups excluding carboxylic acids is 1. The van der Waals surface area contributed by atoms with Gasteiger partial charge < -0.3 is 15.4 Å². The van der Waals surface area contributed by atoms with Gasteiger partial charge in [-0.05, 0) is 31.2 Å². The lowest BCUT2D eigenvalue weighted by molar-refractivity contribution is -0.718. The number of quaternary nitrogens is 1. The van der Waals surface area contributed by atoms with Gasteiger partial charge in [-0.15, -0.1) is 0 Å². The number of hydrogen-bond donors (Lipinski definition) is 2. The number of ether oxygens (including phenoxy) is 1. The Morgan fingerprint density at radius 1 is 0.964 bits per heavy atom. The van der Waals surface area contributed by atoms with Crippen LogP contribution in [0.15, 0.2) is 78.9 Å². The highest BCUT2D eigenvalue weighted by atomic mass is 35.5. The number of nitrogens with one attached hydrogen (secondary N) is 1. The molecule has 0 heterocycles. The standard InChI is InChI=1S/C23H23ClN2O2/c1-16(18-10-6-11-19(24)14-18)25-22(17-8-4-3-5-9-17)23(27)26-20-12-7-13-21(15-20)28-2/h3-16,22,25H,1-2H3,(H,26,27)/p+1/t16-,22+/m0/s1. The van der Waals surface area contributed by atoms with Gasteiger partial charge in [-0.2, -0.15) is 0 Å². The van der Waals surface area contributed by atoms with Gasteiger partial charge in [-0.1, -0.05) is 60.1 Å². The fourth-order valence-corrected chi connectivity index (χ4v) is 3.32. The van der Waals surface area contributed by atoms with Gasteiger partial charge in [0, 0.05) is 27.9 Å². The van der Waals surface area contributed by atoms with Crippen LogP contribution in [0.5, 0.6) is 5.75 Å². The topological polar surface area (TPSA) is 54.9 Å². The quantitative estimate of drug-likeness (QED) is 0.624. The zero-order chi connectivity index (χ0) is 19.9. The second-order valence-corrected chi connectivity index (χ2v) is 7.08. The first-order valence-corrected chi connectivity index (χ1v) is 9.55. The Labute approximate surface area is 170 Å². The van der Waals surface area contributed by atoms with E-state index in [1.807, 2.05) is 72.8 Å². The average Bonchev–Trinajstić information content (AvgIpc) is 2.72. The van der Waals surface area contributed by atoms with Crippen LogP contribution in [0.25, 0.3) is 0 Å². The molecule has 144 valence electrons. The predicted molar refractivity (Wildman–Crippen MR) is 113 cm³/mol. The molecule has 3 N–H and O–H groups in total. The Balaban J connectivity index is 1.83. The molecular formula is C23H24ClN2O2+. The fraction of sp³-hybridized carbons (Fsp3) is 0.174. The highest BCUT2D eigenvalue weighted by Crippen LogP contribution is 2.20. The van der Waals surface area contributed by atoms with Crippen molar-refractivity contribution in [2.45, 2.75) is 19.0 Å². The second-order valence-electron chi connectivity index (χ2n) is 6.65. The van der Waals surface area contributed by atoms with E-state index in [1.165, 1.54) is 0 Å². The molecule has 0 spiro atoms. The van der Waals surface area contributed by atoms with Crippen LogP contribution in [-0.4, -0.2) is 13.0 Å². The first-order valence-electron chi connectivity index (χ1n) is 9.17. The number of anilines is 1. The molecule has 0 aliphatic heterocycles. The zero-order valence-corrected chi connectivity index (χ0v) is 16.7. The summed E-state index contributed by atoms with van der Waals surface area (Å²) in [5.74, 6) is 0.610. The van der Waals surface area contributed by atoms with Gasteiger partial charge in [0.05, 0.1) is 7.11 Å². The van der Waals surface area contributed by atoms with E-state index >= 15 is 0 Å². The Kier molecular flexibility index (Phi) is 6.69. The van der Waals surface area contributed by atoms with Crippen molar-refractivity contribution in [3.05, 3.63) is 95.0 Å². The van der Waals surface area contributed by atoms with Gasteiger partial charge >= 0.3 is 0 Å². The van der Waals surface area contributed by atoms with Crippen LogP contribution in [0.4, 0.5) is 5.69 Å². The number of benzene rings is 3. The van der Waals surface area contributed by atoms with Gasteiger partial charge in [-0.3, -0.25) is 4.79 Å². The van der Waals surface area contributed by atoms with E-state index in [-0.39, 0.29) is 11.9 Å². The zero-order valence-electron chi connectivity index (χ0n) is 15.9. The molecule has 3 aromatic carbocycles. The fourth-order valence-electron chi connectivity index (χ4n) is 3.12. The summed E-state index contributed by atoms with van der Waals surface area (Å²) >= 11 is 6.14. The van der Waals surface area contributed by atoms with Crippen molar-refractivity contribution in [3.63, 3.8) is 0 Å². The van der Waals surface area contributed by atoms with E-state index in [2.05, 4.69) is 17.6 Å². The summed E-state index contributed by atoms with van der Waals surface area (Å²) in [5.41, 5.74) is 2.72. The third-order valence-corrected chi connectivity index (χ3v) is 4.87. The van der Waals surface area contributed by atoms with Crippen LogP contribution >= 0.6 is 11.6 Å². The van der Waals surface area contributed by atoms with E-state index in [0.717, 1.165) is 11.1 Å². The predicted octanol–water partition coefficient (Wildman–Crippen LogP) is 4.35. The molecule has 0 saturated heterocycles. The molecular weight excluding hydrogens is 372 g/mol. The first kappa shape index (κ1) is 19.9. The Bertz CT molecular complexity index is 931. The molecule has 0 aromatic heterocycles. The minimum atomic E-state index is -0.401. The van der Waals surface area contributed by atoms with E-state index in [9.17, 15) is 4.79 Å². The smallest absolute Gasteiger partial charge is 0.287 e. The van der Waals surface area contributed by atoms with Crippen molar-refractivity contribution >= 4 is 23.2 Å². The third-order valence-electron chi connectivity index (χ3n) is 4.63. The van der Waals surface area contributed by atoms with Crippen molar-refractivity contribution in [2.75, 3.05) is 12.4 Å². The normalized spacial score (nSPS) is 12.8. The summed E-state index contributed by atoms with van der Waals surface area (Å²) < 4.78 is 5.24. The molecule has 1 amide bonds. The molecule has 2 atom stereocenters. The van der Waals surface area contributed by atoms with E-state index in [4.69, 9.17) is 16.3 Å². The molecule has 0 bridgehead atoms. The van der Waals surface area contributed by atoms with Crippen molar-refractivity contribution < 1.29 is 14.8 Å². The molecule has 3 aromatic rings. The number of halogens is 1. The van der Waals surface area contributed by atoms with E-state index in [1.54, 1.807) is 13.2 Å². The number of carbonyl (C=O) groups is 1. The molecule has 0 aliphatic rings. The summed E-state index contributed by atoms with van der Waals surface area (Å²) in [4.78, 5) is 13.1. The largest absolute Gasteiger partial charge is 0.497 e. The lowest BCUT2D eigenvalue weighted by Crippen LogP contribution is -2.87.